The number of likely N-dealkylation sites (tertiary alicyclic amines) is 1. The summed E-state index contributed by atoms with van der Waals surface area (Å²) in [6, 6.07) is 14.9. The summed E-state index contributed by atoms with van der Waals surface area (Å²) in [6.45, 7) is 2.55. The van der Waals surface area contributed by atoms with E-state index in [2.05, 4.69) is 9.88 Å². The Morgan fingerprint density at radius 1 is 1.08 bits per heavy atom. The third-order valence-electron chi connectivity index (χ3n) is 7.10. The molecule has 1 aliphatic heterocycles. The van der Waals surface area contributed by atoms with Crippen LogP contribution in [0.3, 0.4) is 0 Å². The Bertz CT molecular complexity index is 1180. The zero-order valence-corrected chi connectivity index (χ0v) is 20.2. The highest BCUT2D eigenvalue weighted by molar-refractivity contribution is 5.28. The molecule has 1 saturated heterocycles. The zero-order chi connectivity index (χ0) is 25.1. The molecule has 2 aliphatic rings. The standard InChI is InChI=1S/C28H30F2N2O4/c1-34-23-6-2-19(3-7-23)17-35-24-8-5-22(31-15-24)10-11-32-16-20-12-25(14-28(20,33)18-32)36-27-9-4-21(29)13-26(27)30/h2-9,13,15,20,25,33H,10-12,14,16-18H2,1H3/t20-,25+,28-/m0/s1. The predicted octanol–water partition coefficient (Wildman–Crippen LogP) is 4.39. The Hall–Kier alpha value is -3.23. The van der Waals surface area contributed by atoms with E-state index in [1.165, 1.54) is 12.1 Å². The predicted molar refractivity (Wildman–Crippen MR) is 130 cm³/mol. The lowest BCUT2D eigenvalue weighted by atomic mass is 9.95. The summed E-state index contributed by atoms with van der Waals surface area (Å²) in [5.41, 5.74) is 1.16. The Kier molecular flexibility index (Phi) is 7.07. The summed E-state index contributed by atoms with van der Waals surface area (Å²) in [4.78, 5) is 6.77. The molecule has 0 amide bonds. The van der Waals surface area contributed by atoms with Gasteiger partial charge in [-0.25, -0.2) is 8.78 Å². The Labute approximate surface area is 209 Å². The molecule has 6 nitrogen and oxygen atoms in total. The number of benzene rings is 2. The van der Waals surface area contributed by atoms with Gasteiger partial charge < -0.3 is 19.3 Å². The number of rotatable bonds is 9. The maximum absolute atomic E-state index is 13.9. The van der Waals surface area contributed by atoms with Crippen molar-refractivity contribution in [3.05, 3.63) is 83.7 Å². The van der Waals surface area contributed by atoms with Crippen LogP contribution in [0, 0.1) is 17.6 Å². The number of nitrogens with zero attached hydrogens (tertiary/aromatic N) is 2. The number of fused-ring (bicyclic) bond motifs is 1. The minimum atomic E-state index is -0.853. The molecule has 2 fully saturated rings. The van der Waals surface area contributed by atoms with Crippen molar-refractivity contribution in [1.82, 2.24) is 9.88 Å². The van der Waals surface area contributed by atoms with Gasteiger partial charge in [-0.2, -0.15) is 0 Å². The SMILES string of the molecule is COc1ccc(COc2ccc(CCN3C[C@@H]4C[C@@H](Oc5ccc(F)cc5F)C[C@]4(O)C3)nc2)cc1. The monoisotopic (exact) mass is 496 g/mol. The highest BCUT2D eigenvalue weighted by Gasteiger charge is 2.52. The fraction of sp³-hybridized carbons (Fsp3) is 0.393. The normalized spacial score (nSPS) is 23.4. The van der Waals surface area contributed by atoms with Gasteiger partial charge in [0.2, 0.25) is 0 Å². The number of hydrogen-bond donors (Lipinski definition) is 1. The molecule has 8 heteroatoms. The molecule has 3 aromatic rings. The maximum Gasteiger partial charge on any atom is 0.167 e. The van der Waals surface area contributed by atoms with Crippen molar-refractivity contribution in [2.45, 2.75) is 37.6 Å². The molecule has 2 heterocycles. The van der Waals surface area contributed by atoms with Crippen LogP contribution in [0.1, 0.15) is 24.1 Å². The van der Waals surface area contributed by atoms with Gasteiger partial charge in [0, 0.05) is 50.2 Å². The molecule has 0 bridgehead atoms. The summed E-state index contributed by atoms with van der Waals surface area (Å²) in [5.74, 6) is 0.264. The van der Waals surface area contributed by atoms with Crippen LogP contribution in [0.25, 0.3) is 0 Å². The molecule has 2 aromatic carbocycles. The molecule has 1 saturated carbocycles. The third-order valence-corrected chi connectivity index (χ3v) is 7.10. The van der Waals surface area contributed by atoms with E-state index in [-0.39, 0.29) is 17.8 Å². The van der Waals surface area contributed by atoms with Crippen LogP contribution >= 0.6 is 0 Å². The van der Waals surface area contributed by atoms with Gasteiger partial charge >= 0.3 is 0 Å². The smallest absolute Gasteiger partial charge is 0.167 e. The molecule has 5 rings (SSSR count). The van der Waals surface area contributed by atoms with Gasteiger partial charge in [-0.15, -0.1) is 0 Å². The van der Waals surface area contributed by atoms with Gasteiger partial charge in [0.15, 0.2) is 11.6 Å². The third kappa shape index (κ3) is 5.60. The first-order valence-corrected chi connectivity index (χ1v) is 12.2. The molecule has 36 heavy (non-hydrogen) atoms. The molecule has 1 aliphatic carbocycles. The van der Waals surface area contributed by atoms with E-state index in [1.807, 2.05) is 36.4 Å². The van der Waals surface area contributed by atoms with E-state index >= 15 is 0 Å². The van der Waals surface area contributed by atoms with E-state index in [9.17, 15) is 13.9 Å². The van der Waals surface area contributed by atoms with E-state index in [1.54, 1.807) is 13.3 Å². The van der Waals surface area contributed by atoms with Gasteiger partial charge in [0.05, 0.1) is 18.9 Å². The Balaban J connectivity index is 1.07. The fourth-order valence-electron chi connectivity index (χ4n) is 5.20. The van der Waals surface area contributed by atoms with Gasteiger partial charge in [-0.05, 0) is 48.4 Å². The van der Waals surface area contributed by atoms with Gasteiger partial charge in [-0.1, -0.05) is 12.1 Å². The van der Waals surface area contributed by atoms with E-state index in [0.717, 1.165) is 42.6 Å². The van der Waals surface area contributed by atoms with Crippen molar-refractivity contribution in [3.63, 3.8) is 0 Å². The van der Waals surface area contributed by atoms with Gasteiger partial charge in [0.25, 0.3) is 0 Å². The first-order valence-electron chi connectivity index (χ1n) is 12.2. The number of pyridine rings is 1. The second-order valence-electron chi connectivity index (χ2n) is 9.66. The van der Waals surface area contributed by atoms with E-state index in [0.29, 0.717) is 31.7 Å². The minimum absolute atomic E-state index is 0.0318. The van der Waals surface area contributed by atoms with E-state index < -0.39 is 17.2 Å². The summed E-state index contributed by atoms with van der Waals surface area (Å²) >= 11 is 0. The highest BCUT2D eigenvalue weighted by Crippen LogP contribution is 2.43. The van der Waals surface area contributed by atoms with Crippen LogP contribution in [0.5, 0.6) is 17.2 Å². The number of ether oxygens (including phenoxy) is 3. The molecule has 3 atom stereocenters. The maximum atomic E-state index is 13.9. The highest BCUT2D eigenvalue weighted by atomic mass is 19.1. The average molecular weight is 497 g/mol. The van der Waals surface area contributed by atoms with Crippen LogP contribution in [0.15, 0.2) is 60.8 Å². The van der Waals surface area contributed by atoms with Crippen LogP contribution in [-0.2, 0) is 13.0 Å². The van der Waals surface area contributed by atoms with Gasteiger partial charge in [0.1, 0.15) is 30.0 Å². The number of aliphatic hydroxyl groups is 1. The number of hydrogen-bond acceptors (Lipinski definition) is 6. The second kappa shape index (κ2) is 10.4. The zero-order valence-electron chi connectivity index (χ0n) is 20.2. The van der Waals surface area contributed by atoms with Crippen molar-refractivity contribution in [3.8, 4) is 17.2 Å². The first kappa shape index (κ1) is 24.5. The number of methoxy groups -OCH3 is 1. The molecule has 0 unspecified atom stereocenters. The van der Waals surface area contributed by atoms with Crippen LogP contribution < -0.4 is 14.2 Å². The van der Waals surface area contributed by atoms with Crippen LogP contribution in [0.2, 0.25) is 0 Å². The Morgan fingerprint density at radius 3 is 2.58 bits per heavy atom. The van der Waals surface area contributed by atoms with E-state index in [4.69, 9.17) is 14.2 Å². The van der Waals surface area contributed by atoms with Crippen molar-refractivity contribution < 1.29 is 28.1 Å². The van der Waals surface area contributed by atoms with Crippen molar-refractivity contribution in [2.75, 3.05) is 26.7 Å². The molecular formula is C28H30F2N2O4. The quantitative estimate of drug-likeness (QED) is 0.474. The number of aromatic nitrogens is 1. The molecule has 1 aromatic heterocycles. The Morgan fingerprint density at radius 2 is 1.89 bits per heavy atom. The summed E-state index contributed by atoms with van der Waals surface area (Å²) < 4.78 is 43.8. The number of β-amino-alcohol motifs (C(OH)–C–C–N with tert-alkyl or cyclic N) is 1. The molecular weight excluding hydrogens is 466 g/mol. The summed E-state index contributed by atoms with van der Waals surface area (Å²) in [7, 11) is 1.64. The van der Waals surface area contributed by atoms with Crippen molar-refractivity contribution in [2.24, 2.45) is 5.92 Å². The lowest BCUT2D eigenvalue weighted by Gasteiger charge is -2.23. The van der Waals surface area contributed by atoms with Gasteiger partial charge in [-0.3, -0.25) is 9.88 Å². The second-order valence-corrected chi connectivity index (χ2v) is 9.66. The van der Waals surface area contributed by atoms with Crippen LogP contribution in [0.4, 0.5) is 8.78 Å². The average Bonchev–Trinajstić information content (AvgIpc) is 3.34. The lowest BCUT2D eigenvalue weighted by Crippen LogP contribution is -2.36. The molecule has 1 N–H and O–H groups in total. The first-order chi connectivity index (χ1) is 17.4. The minimum Gasteiger partial charge on any atom is -0.497 e. The lowest BCUT2D eigenvalue weighted by molar-refractivity contribution is 0.0217. The topological polar surface area (TPSA) is 64.1 Å². The fourth-order valence-corrected chi connectivity index (χ4v) is 5.20. The largest absolute Gasteiger partial charge is 0.497 e. The van der Waals surface area contributed by atoms with Crippen molar-refractivity contribution in [1.29, 1.82) is 0 Å². The summed E-state index contributed by atoms with van der Waals surface area (Å²) in [6.07, 6.45) is 3.30. The molecule has 190 valence electrons. The summed E-state index contributed by atoms with van der Waals surface area (Å²) in [5, 5.41) is 11.2. The van der Waals surface area contributed by atoms with Crippen LogP contribution in [-0.4, -0.2) is 53.4 Å². The van der Waals surface area contributed by atoms with Crippen molar-refractivity contribution >= 4 is 0 Å². The number of halogens is 2. The molecule has 0 radical (unpaired) electrons. The molecule has 0 spiro atoms.